The van der Waals surface area contributed by atoms with Gasteiger partial charge in [0.25, 0.3) is 0 Å². The fourth-order valence-corrected chi connectivity index (χ4v) is 10.5. The average Bonchev–Trinajstić information content (AvgIpc) is 3.58. The van der Waals surface area contributed by atoms with Crippen molar-refractivity contribution in [1.82, 2.24) is 0 Å². The van der Waals surface area contributed by atoms with Crippen LogP contribution in [0.15, 0.2) is 231 Å². The van der Waals surface area contributed by atoms with E-state index in [0.29, 0.717) is 0 Å². The third kappa shape index (κ3) is 6.65. The summed E-state index contributed by atoms with van der Waals surface area (Å²) in [7, 11) is 0. The van der Waals surface area contributed by atoms with Crippen molar-refractivity contribution >= 4 is 44.9 Å². The van der Waals surface area contributed by atoms with E-state index in [-0.39, 0.29) is 10.8 Å². The first-order valence-electron chi connectivity index (χ1n) is 22.4. The molecule has 304 valence electrons. The molecule has 0 bridgehead atoms. The molecule has 0 fully saturated rings. The molecule has 0 spiro atoms. The standard InChI is InChI=1S/C61H50N2/c1-60(2)56-29-18-28-54(45-19-7-3-8-20-45)59(56)55-40-39-52(43-57(55)60)62(48-23-9-4-10-24-48)50-35-31-46(32-36-50)61(41-15-6-16-42-61)47-33-37-51(38-34-47)63(49-25-11-5-12-26-49)58-30-17-22-44-21-13-14-27-53(44)58/h3-5,7-15,17-41,43H,6,16,42H2,1-2H3. The van der Waals surface area contributed by atoms with E-state index in [2.05, 4.69) is 254 Å². The maximum absolute atomic E-state index is 2.47. The molecule has 11 rings (SSSR count). The van der Waals surface area contributed by atoms with Crippen molar-refractivity contribution in [1.29, 1.82) is 0 Å². The molecule has 0 saturated heterocycles. The van der Waals surface area contributed by atoms with Gasteiger partial charge in [0.1, 0.15) is 0 Å². The Morgan fingerprint density at radius 3 is 1.65 bits per heavy atom. The number of allylic oxidation sites excluding steroid dienone is 2. The molecule has 2 aliphatic carbocycles. The lowest BCUT2D eigenvalue weighted by Gasteiger charge is -2.36. The van der Waals surface area contributed by atoms with E-state index in [1.807, 2.05) is 0 Å². The van der Waals surface area contributed by atoms with Crippen LogP contribution in [0.25, 0.3) is 33.0 Å². The van der Waals surface area contributed by atoms with Gasteiger partial charge in [0.05, 0.1) is 5.69 Å². The van der Waals surface area contributed by atoms with Crippen molar-refractivity contribution in [2.75, 3.05) is 9.80 Å². The fraction of sp³-hybridized carbons (Fsp3) is 0.115. The molecule has 0 radical (unpaired) electrons. The SMILES string of the molecule is CC1(C)c2cc(N(c3ccccc3)c3ccc(C4(c5ccc(N(c6ccccc6)c6cccc7ccccc67)cc5)C=CCCC4)cc3)ccc2-c2c(-c3ccccc3)cccc21. The lowest BCUT2D eigenvalue weighted by molar-refractivity contribution is 0.530. The highest BCUT2D eigenvalue weighted by molar-refractivity contribution is 5.99. The number of fused-ring (bicyclic) bond motifs is 4. The predicted molar refractivity (Wildman–Crippen MR) is 267 cm³/mol. The van der Waals surface area contributed by atoms with Crippen LogP contribution in [0.2, 0.25) is 0 Å². The molecule has 0 amide bonds. The molecule has 0 aliphatic heterocycles. The smallest absolute Gasteiger partial charge is 0.0540 e. The van der Waals surface area contributed by atoms with Crippen molar-refractivity contribution in [3.63, 3.8) is 0 Å². The van der Waals surface area contributed by atoms with Crippen molar-refractivity contribution in [2.24, 2.45) is 0 Å². The summed E-state index contributed by atoms with van der Waals surface area (Å²) < 4.78 is 0. The van der Waals surface area contributed by atoms with Crippen molar-refractivity contribution in [3.05, 3.63) is 253 Å². The van der Waals surface area contributed by atoms with E-state index in [9.17, 15) is 0 Å². The molecule has 1 atom stereocenters. The van der Waals surface area contributed by atoms with Gasteiger partial charge in [-0.2, -0.15) is 0 Å². The molecule has 0 aromatic heterocycles. The van der Waals surface area contributed by atoms with Gasteiger partial charge in [-0.05, 0) is 136 Å². The second kappa shape index (κ2) is 15.8. The molecular weight excluding hydrogens is 761 g/mol. The van der Waals surface area contributed by atoms with Crippen LogP contribution < -0.4 is 9.80 Å². The van der Waals surface area contributed by atoms with Gasteiger partial charge in [0.2, 0.25) is 0 Å². The lowest BCUT2D eigenvalue weighted by Crippen LogP contribution is -2.27. The van der Waals surface area contributed by atoms with Crippen LogP contribution in [0.1, 0.15) is 55.4 Å². The highest BCUT2D eigenvalue weighted by Crippen LogP contribution is 2.54. The Labute approximate surface area is 372 Å². The second-order valence-electron chi connectivity index (χ2n) is 17.6. The maximum atomic E-state index is 2.47. The van der Waals surface area contributed by atoms with Crippen LogP contribution >= 0.6 is 0 Å². The van der Waals surface area contributed by atoms with Gasteiger partial charge < -0.3 is 9.80 Å². The number of para-hydroxylation sites is 2. The monoisotopic (exact) mass is 810 g/mol. The largest absolute Gasteiger partial charge is 0.310 e. The zero-order valence-electron chi connectivity index (χ0n) is 36.0. The fourth-order valence-electron chi connectivity index (χ4n) is 10.5. The second-order valence-corrected chi connectivity index (χ2v) is 17.6. The van der Waals surface area contributed by atoms with E-state index in [0.717, 1.165) is 47.7 Å². The summed E-state index contributed by atoms with van der Waals surface area (Å²) in [5, 5.41) is 2.46. The quantitative estimate of drug-likeness (QED) is 0.134. The van der Waals surface area contributed by atoms with Crippen molar-refractivity contribution in [2.45, 2.75) is 43.9 Å². The molecule has 9 aromatic rings. The number of nitrogens with zero attached hydrogens (tertiary/aromatic N) is 2. The normalized spacial score (nSPS) is 16.0. The van der Waals surface area contributed by atoms with Crippen molar-refractivity contribution < 1.29 is 0 Å². The lowest BCUT2D eigenvalue weighted by atomic mass is 9.69. The molecule has 0 saturated carbocycles. The van der Waals surface area contributed by atoms with Crippen LogP contribution in [0.4, 0.5) is 34.1 Å². The first kappa shape index (κ1) is 38.5. The molecule has 63 heavy (non-hydrogen) atoms. The van der Waals surface area contributed by atoms with Crippen molar-refractivity contribution in [3.8, 4) is 22.3 Å². The minimum absolute atomic E-state index is 0.153. The van der Waals surface area contributed by atoms with Gasteiger partial charge >= 0.3 is 0 Å². The van der Waals surface area contributed by atoms with Gasteiger partial charge in [0.15, 0.2) is 0 Å². The van der Waals surface area contributed by atoms with Gasteiger partial charge in [0, 0.05) is 44.7 Å². The molecule has 2 heteroatoms. The van der Waals surface area contributed by atoms with Gasteiger partial charge in [-0.15, -0.1) is 0 Å². The van der Waals surface area contributed by atoms with Crippen LogP contribution in [0, 0.1) is 0 Å². The van der Waals surface area contributed by atoms with Gasteiger partial charge in [-0.25, -0.2) is 0 Å². The summed E-state index contributed by atoms with van der Waals surface area (Å²) in [5.41, 5.74) is 17.1. The zero-order valence-corrected chi connectivity index (χ0v) is 36.0. The Hall–Kier alpha value is -7.42. The van der Waals surface area contributed by atoms with Crippen LogP contribution in [0.5, 0.6) is 0 Å². The topological polar surface area (TPSA) is 6.48 Å². The summed E-state index contributed by atoms with van der Waals surface area (Å²) in [6, 6.07) is 80.4. The average molecular weight is 811 g/mol. The number of hydrogen-bond acceptors (Lipinski definition) is 2. The Morgan fingerprint density at radius 2 is 0.984 bits per heavy atom. The first-order valence-corrected chi connectivity index (χ1v) is 22.4. The summed E-state index contributed by atoms with van der Waals surface area (Å²) in [6.07, 6.45) is 8.16. The highest BCUT2D eigenvalue weighted by atomic mass is 15.1. The summed E-state index contributed by atoms with van der Waals surface area (Å²) in [5.74, 6) is 0. The van der Waals surface area contributed by atoms with E-state index >= 15 is 0 Å². The first-order chi connectivity index (χ1) is 31.0. The highest BCUT2D eigenvalue weighted by Gasteiger charge is 2.38. The molecule has 0 N–H and O–H groups in total. The van der Waals surface area contributed by atoms with Crippen LogP contribution in [-0.2, 0) is 10.8 Å². The number of benzene rings is 9. The molecule has 9 aromatic carbocycles. The molecule has 2 aliphatic rings. The third-order valence-corrected chi connectivity index (χ3v) is 13.7. The van der Waals surface area contributed by atoms with E-state index < -0.39 is 0 Å². The van der Waals surface area contributed by atoms with E-state index in [1.54, 1.807) is 0 Å². The molecule has 1 unspecified atom stereocenters. The third-order valence-electron chi connectivity index (χ3n) is 13.7. The zero-order chi connectivity index (χ0) is 42.4. The minimum Gasteiger partial charge on any atom is -0.310 e. The Morgan fingerprint density at radius 1 is 0.429 bits per heavy atom. The number of rotatable bonds is 9. The van der Waals surface area contributed by atoms with Crippen LogP contribution in [-0.4, -0.2) is 0 Å². The summed E-state index contributed by atoms with van der Waals surface area (Å²) in [6.45, 7) is 4.76. The minimum atomic E-state index is -0.232. The van der Waals surface area contributed by atoms with Gasteiger partial charge in [-0.1, -0.05) is 178 Å². The summed E-state index contributed by atoms with van der Waals surface area (Å²) in [4.78, 5) is 4.81. The molecule has 2 nitrogen and oxygen atoms in total. The maximum Gasteiger partial charge on any atom is 0.0540 e. The van der Waals surface area contributed by atoms with Crippen LogP contribution in [0.3, 0.4) is 0 Å². The van der Waals surface area contributed by atoms with E-state index in [4.69, 9.17) is 0 Å². The molecule has 0 heterocycles. The Kier molecular flexibility index (Phi) is 9.66. The van der Waals surface area contributed by atoms with E-state index in [1.165, 1.54) is 61.0 Å². The number of hydrogen-bond donors (Lipinski definition) is 0. The molecular formula is C61H50N2. The Bertz CT molecular complexity index is 3090. The number of anilines is 6. The summed E-state index contributed by atoms with van der Waals surface area (Å²) >= 11 is 0. The van der Waals surface area contributed by atoms with Gasteiger partial charge in [-0.3, -0.25) is 0 Å². The predicted octanol–water partition coefficient (Wildman–Crippen LogP) is 16.8. The Balaban J connectivity index is 0.970.